The first-order valence-electron chi connectivity index (χ1n) is 30.2. The molecule has 1 fully saturated rings. The second kappa shape index (κ2) is 34.1. The van der Waals surface area contributed by atoms with Gasteiger partial charge < -0.3 is 60.7 Å². The molecule has 0 radical (unpaired) electrons. The quantitative estimate of drug-likeness (QED) is 0.124. The zero-order chi connectivity index (χ0) is 66.1. The third kappa shape index (κ3) is 20.4. The number of nitrogens with one attached hydrogen (secondary N) is 4. The number of carbonyl (C=O) groups is 11. The molecule has 85 heavy (non-hydrogen) atoms. The maximum atomic E-state index is 15.1. The summed E-state index contributed by atoms with van der Waals surface area (Å²) in [5.41, 5.74) is -0.370. The summed E-state index contributed by atoms with van der Waals surface area (Å²) in [5.74, 6) is -10.7. The van der Waals surface area contributed by atoms with Crippen LogP contribution in [-0.2, 0) is 52.7 Å². The van der Waals surface area contributed by atoms with Crippen molar-refractivity contribution in [1.82, 2.24) is 55.6 Å². The normalized spacial score (nSPS) is 26.9. The molecule has 0 aromatic heterocycles. The molecule has 0 aliphatic carbocycles. The lowest BCUT2D eigenvalue weighted by molar-refractivity contribution is -0.157. The Morgan fingerprint density at radius 3 is 1.34 bits per heavy atom. The minimum atomic E-state index is -1.64. The highest BCUT2D eigenvalue weighted by Crippen LogP contribution is 2.26. The number of hydrogen-bond donors (Lipinski definition) is 5. The van der Waals surface area contributed by atoms with Crippen molar-refractivity contribution < 1.29 is 57.8 Å². The summed E-state index contributed by atoms with van der Waals surface area (Å²) in [6.07, 6.45) is 2.75. The van der Waals surface area contributed by atoms with E-state index in [0.717, 1.165) is 14.7 Å². The molecule has 0 spiro atoms. The minimum Gasteiger partial charge on any atom is -0.390 e. The molecule has 484 valence electrons. The van der Waals surface area contributed by atoms with Crippen molar-refractivity contribution >= 4 is 65.0 Å². The fraction of sp³-hybridized carbons (Fsp3) is 0.758. The van der Waals surface area contributed by atoms with Crippen molar-refractivity contribution in [3.05, 3.63) is 24.4 Å². The van der Waals surface area contributed by atoms with E-state index in [2.05, 4.69) is 27.8 Å². The van der Waals surface area contributed by atoms with Gasteiger partial charge >= 0.3 is 0 Å². The zero-order valence-corrected chi connectivity index (χ0v) is 55.9. The van der Waals surface area contributed by atoms with Gasteiger partial charge in [-0.25, -0.2) is 0 Å². The number of likely N-dealkylation sites (N-methyl/N-ethyl adjacent to an activating group) is 7. The van der Waals surface area contributed by atoms with Gasteiger partial charge in [-0.05, 0) is 94.3 Å². The van der Waals surface area contributed by atoms with Crippen LogP contribution in [0.3, 0.4) is 0 Å². The monoisotopic (exact) mass is 1200 g/mol. The average Bonchev–Trinajstić information content (AvgIpc) is 3.34. The summed E-state index contributed by atoms with van der Waals surface area (Å²) in [4.78, 5) is 168. The largest absolute Gasteiger partial charge is 0.390 e. The van der Waals surface area contributed by atoms with E-state index in [1.54, 1.807) is 74.5 Å². The number of rotatable bonds is 14. The van der Waals surface area contributed by atoms with Gasteiger partial charge in [-0.2, -0.15) is 0 Å². The number of carbonyl (C=O) groups excluding carboxylic acids is 11. The van der Waals surface area contributed by atoms with E-state index in [-0.39, 0.29) is 49.1 Å². The van der Waals surface area contributed by atoms with Crippen LogP contribution < -0.4 is 21.3 Å². The molecule has 0 bridgehead atoms. The van der Waals surface area contributed by atoms with E-state index >= 15 is 9.59 Å². The second-order valence-corrected chi connectivity index (χ2v) is 25.7. The molecule has 12 atom stereocenters. The summed E-state index contributed by atoms with van der Waals surface area (Å²) < 4.78 is 0. The van der Waals surface area contributed by atoms with Crippen molar-refractivity contribution in [2.24, 2.45) is 41.4 Å². The first kappa shape index (κ1) is 76.6. The Kier molecular flexibility index (Phi) is 30.7. The van der Waals surface area contributed by atoms with Gasteiger partial charge in [-0.1, -0.05) is 116 Å². The predicted molar refractivity (Wildman–Crippen MR) is 328 cm³/mol. The topological polar surface area (TPSA) is 279 Å². The summed E-state index contributed by atoms with van der Waals surface area (Å²) in [7, 11) is 9.71. The van der Waals surface area contributed by atoms with Gasteiger partial charge in [0.15, 0.2) is 0 Å². The second-order valence-electron chi connectivity index (χ2n) is 25.7. The highest BCUT2D eigenvalue weighted by Gasteiger charge is 2.46. The molecule has 0 aromatic rings. The lowest BCUT2D eigenvalue weighted by Crippen LogP contribution is -2.63. The standard InChI is InChI=1S/C62H109N11O12/c1-26-28-29-39(15)51(74)50-55(78)65-43(27-2)58(81)67(19)42(18)57(80)71(23)48(37(11)12)54(77)66-47(36(9)10)61(84)68(20)44(30-33(3)4)53(76)63-40(16)52(75)64-41(17)56(79)69(21)45(31-34(5)6)59(82)70(22)46(32-35(7)8)60(83)72(24)49(38(13)14)62(85)73(50)25/h26,28,33-41,43-51,74H,18,27,29-32H2,1-17,19-25H3,(H,63,76)(H,64,75)(H,65,78)(H,66,77)/t39-,40+,41-,43+,44+,45+,46+,47+,48+,49+,50+,51-/m1/s1. The molecule has 0 unspecified atom stereocenters. The van der Waals surface area contributed by atoms with Gasteiger partial charge in [0.2, 0.25) is 59.1 Å². The summed E-state index contributed by atoms with van der Waals surface area (Å²) >= 11 is 0. The highest BCUT2D eigenvalue weighted by atomic mass is 16.3. The summed E-state index contributed by atoms with van der Waals surface area (Å²) in [6.45, 7) is 33.3. The van der Waals surface area contributed by atoms with Crippen LogP contribution in [0, 0.1) is 41.4 Å². The maximum absolute atomic E-state index is 15.1. The van der Waals surface area contributed by atoms with Crippen molar-refractivity contribution in [2.45, 2.75) is 216 Å². The van der Waals surface area contributed by atoms with Crippen LogP contribution >= 0.6 is 0 Å². The van der Waals surface area contributed by atoms with Crippen LogP contribution in [-0.4, -0.2) is 220 Å². The Morgan fingerprint density at radius 1 is 0.471 bits per heavy atom. The molecule has 23 heteroatoms. The van der Waals surface area contributed by atoms with Crippen LogP contribution in [0.15, 0.2) is 24.4 Å². The van der Waals surface area contributed by atoms with Crippen molar-refractivity contribution in [1.29, 1.82) is 0 Å². The van der Waals surface area contributed by atoms with E-state index in [1.165, 1.54) is 82.8 Å². The van der Waals surface area contributed by atoms with Crippen LogP contribution in [0.25, 0.3) is 0 Å². The third-order valence-corrected chi connectivity index (χ3v) is 16.1. The zero-order valence-electron chi connectivity index (χ0n) is 55.9. The number of aliphatic hydroxyl groups is 1. The number of nitrogens with zero attached hydrogens (tertiary/aromatic N) is 7. The first-order valence-corrected chi connectivity index (χ1v) is 30.2. The van der Waals surface area contributed by atoms with Crippen LogP contribution in [0.1, 0.15) is 150 Å². The number of aliphatic hydroxyl groups excluding tert-OH is 1. The smallest absolute Gasteiger partial charge is 0.270 e. The van der Waals surface area contributed by atoms with E-state index in [9.17, 15) is 48.3 Å². The molecular weight excluding hydrogens is 1090 g/mol. The Bertz CT molecular complexity index is 2390. The van der Waals surface area contributed by atoms with Crippen LogP contribution in [0.5, 0.6) is 0 Å². The lowest BCUT2D eigenvalue weighted by atomic mass is 9.91. The maximum Gasteiger partial charge on any atom is 0.270 e. The fourth-order valence-corrected chi connectivity index (χ4v) is 10.7. The van der Waals surface area contributed by atoms with Gasteiger partial charge in [0, 0.05) is 49.3 Å². The molecule has 11 amide bonds. The number of allylic oxidation sites excluding steroid dienone is 2. The third-order valence-electron chi connectivity index (χ3n) is 16.1. The Balaban J connectivity index is 4.35. The van der Waals surface area contributed by atoms with Crippen LogP contribution in [0.4, 0.5) is 0 Å². The van der Waals surface area contributed by atoms with E-state index < -0.39 is 155 Å². The molecular formula is C62H109N11O12. The Morgan fingerprint density at radius 2 is 0.894 bits per heavy atom. The molecule has 1 saturated heterocycles. The minimum absolute atomic E-state index is 0.0268. The first-order chi connectivity index (χ1) is 39.2. The van der Waals surface area contributed by atoms with Gasteiger partial charge in [-0.3, -0.25) is 52.7 Å². The van der Waals surface area contributed by atoms with Crippen molar-refractivity contribution in [3.63, 3.8) is 0 Å². The van der Waals surface area contributed by atoms with E-state index in [0.29, 0.717) is 6.42 Å². The van der Waals surface area contributed by atoms with Gasteiger partial charge in [0.05, 0.1) is 6.10 Å². The van der Waals surface area contributed by atoms with Crippen molar-refractivity contribution in [2.75, 3.05) is 49.3 Å². The van der Waals surface area contributed by atoms with Crippen LogP contribution in [0.2, 0.25) is 0 Å². The average molecular weight is 1200 g/mol. The molecule has 1 rings (SSSR count). The van der Waals surface area contributed by atoms with Crippen molar-refractivity contribution in [3.8, 4) is 0 Å². The fourth-order valence-electron chi connectivity index (χ4n) is 10.7. The Hall–Kier alpha value is -6.39. The van der Waals surface area contributed by atoms with Gasteiger partial charge in [0.25, 0.3) is 5.91 Å². The SMILES string of the molecule is C=C1C(=O)N(C)[C@@H](C(C)C)C(=O)N[C@@H](C(C)C)C(=O)N(C)[C@@H](CC(C)C)C(=O)N[C@@H](C)C(=O)N[C@H](C)C(=O)N(C)[C@@H](CC(C)C)C(=O)N(C)[C@@H](CC(C)C)C(=O)N(C)[C@@H](C(C)C)C(=O)N(C)[C@@H]([C@H](O)[C@H](C)CC=CC)C(=O)N[C@@H](CC)C(=O)N1C. The van der Waals surface area contributed by atoms with Gasteiger partial charge in [0.1, 0.15) is 66.1 Å². The molecule has 1 aliphatic rings. The molecule has 5 N–H and O–H groups in total. The number of amides is 11. The Labute approximate surface area is 508 Å². The van der Waals surface area contributed by atoms with E-state index in [4.69, 9.17) is 0 Å². The molecule has 23 nitrogen and oxygen atoms in total. The predicted octanol–water partition coefficient (Wildman–Crippen LogP) is 3.39. The summed E-state index contributed by atoms with van der Waals surface area (Å²) in [5, 5.41) is 23.0. The number of hydrogen-bond acceptors (Lipinski definition) is 12. The molecule has 0 saturated carbocycles. The summed E-state index contributed by atoms with van der Waals surface area (Å²) in [6, 6.07) is -12.6. The lowest BCUT2D eigenvalue weighted by Gasteiger charge is -2.41. The highest BCUT2D eigenvalue weighted by molar-refractivity contribution is 6.02. The molecule has 1 heterocycles. The molecule has 0 aromatic carbocycles. The van der Waals surface area contributed by atoms with E-state index in [1.807, 2.05) is 41.5 Å². The molecule has 1 aliphatic heterocycles. The van der Waals surface area contributed by atoms with Gasteiger partial charge in [-0.15, -0.1) is 0 Å².